The van der Waals surface area contributed by atoms with E-state index in [-0.39, 0.29) is 28.4 Å². The predicted molar refractivity (Wildman–Crippen MR) is 99.1 cm³/mol. The molecule has 4 nitrogen and oxygen atoms in total. The van der Waals surface area contributed by atoms with Gasteiger partial charge in [-0.3, -0.25) is 4.79 Å². The van der Waals surface area contributed by atoms with Crippen LogP contribution in [-0.4, -0.2) is 29.2 Å². The quantitative estimate of drug-likeness (QED) is 0.622. The van der Waals surface area contributed by atoms with Gasteiger partial charge in [-0.25, -0.2) is 4.98 Å². The summed E-state index contributed by atoms with van der Waals surface area (Å²) in [6.07, 6.45) is 1.27. The van der Waals surface area contributed by atoms with Crippen molar-refractivity contribution in [1.82, 2.24) is 4.98 Å². The van der Waals surface area contributed by atoms with Crippen LogP contribution in [0.25, 0.3) is 0 Å². The van der Waals surface area contributed by atoms with Crippen LogP contribution in [0.3, 0.4) is 0 Å². The van der Waals surface area contributed by atoms with Crippen LogP contribution in [-0.2, 0) is 0 Å². The van der Waals surface area contributed by atoms with Crippen molar-refractivity contribution in [3.05, 3.63) is 28.1 Å². The Balaban J connectivity index is 2.29. The number of aryl methyl sites for hydroxylation is 1. The first-order valence-electron chi connectivity index (χ1n) is 7.21. The number of pyridine rings is 1. The standard InChI is InChI=1S/C15H16F3N3OS3/c1-4-23-11-5-8(2)24-13(11)14(22)21-9-6-12(25-15(16,17)18)20-7-10(9)19-3/h5-7,19H,4H2,1-3H3,(H,20,21,22). The van der Waals surface area contributed by atoms with Crippen LogP contribution in [0.5, 0.6) is 0 Å². The Kier molecular flexibility index (Phi) is 6.64. The van der Waals surface area contributed by atoms with E-state index in [1.165, 1.54) is 23.6 Å². The lowest BCUT2D eigenvalue weighted by molar-refractivity contribution is -0.0329. The summed E-state index contributed by atoms with van der Waals surface area (Å²) in [6, 6.07) is 3.15. The Morgan fingerprint density at radius 1 is 1.32 bits per heavy atom. The fraction of sp³-hybridized carbons (Fsp3) is 0.333. The number of thiophene rings is 1. The first-order valence-corrected chi connectivity index (χ1v) is 9.83. The van der Waals surface area contributed by atoms with Crippen molar-refractivity contribution in [2.24, 2.45) is 0 Å². The number of hydrogen-bond donors (Lipinski definition) is 2. The van der Waals surface area contributed by atoms with Gasteiger partial charge in [0.2, 0.25) is 0 Å². The largest absolute Gasteiger partial charge is 0.447 e. The van der Waals surface area contributed by atoms with Gasteiger partial charge in [-0.2, -0.15) is 13.2 Å². The summed E-state index contributed by atoms with van der Waals surface area (Å²) in [5.74, 6) is 0.472. The molecule has 0 aromatic carbocycles. The van der Waals surface area contributed by atoms with E-state index in [0.29, 0.717) is 10.6 Å². The lowest BCUT2D eigenvalue weighted by atomic mass is 10.3. The molecule has 0 fully saturated rings. The number of halogens is 3. The van der Waals surface area contributed by atoms with Crippen molar-refractivity contribution in [3.63, 3.8) is 0 Å². The Labute approximate surface area is 156 Å². The van der Waals surface area contributed by atoms with Crippen LogP contribution >= 0.6 is 34.9 Å². The number of hydrogen-bond acceptors (Lipinski definition) is 6. The minimum Gasteiger partial charge on any atom is -0.385 e. The lowest BCUT2D eigenvalue weighted by Gasteiger charge is -2.12. The minimum atomic E-state index is -4.44. The maximum atomic E-state index is 12.6. The van der Waals surface area contributed by atoms with Crippen molar-refractivity contribution in [3.8, 4) is 0 Å². The van der Waals surface area contributed by atoms with Gasteiger partial charge in [-0.05, 0) is 24.8 Å². The van der Waals surface area contributed by atoms with E-state index < -0.39 is 5.51 Å². The van der Waals surface area contributed by atoms with Crippen molar-refractivity contribution < 1.29 is 18.0 Å². The molecular formula is C15H16F3N3OS3. The zero-order valence-corrected chi connectivity index (χ0v) is 16.1. The van der Waals surface area contributed by atoms with E-state index >= 15 is 0 Å². The highest BCUT2D eigenvalue weighted by Crippen LogP contribution is 2.38. The van der Waals surface area contributed by atoms with E-state index in [1.807, 2.05) is 19.9 Å². The van der Waals surface area contributed by atoms with Gasteiger partial charge in [0, 0.05) is 28.6 Å². The smallest absolute Gasteiger partial charge is 0.385 e. The average Bonchev–Trinajstić information content (AvgIpc) is 2.87. The van der Waals surface area contributed by atoms with Crippen LogP contribution in [0, 0.1) is 6.92 Å². The van der Waals surface area contributed by atoms with Gasteiger partial charge >= 0.3 is 5.51 Å². The second-order valence-corrected chi connectivity index (χ2v) is 8.45. The maximum absolute atomic E-state index is 12.6. The molecule has 0 saturated heterocycles. The molecule has 2 rings (SSSR count). The molecule has 0 saturated carbocycles. The summed E-state index contributed by atoms with van der Waals surface area (Å²) in [6.45, 7) is 3.90. The van der Waals surface area contributed by atoms with E-state index in [1.54, 1.807) is 18.8 Å². The molecule has 1 amide bonds. The average molecular weight is 408 g/mol. The maximum Gasteiger partial charge on any atom is 0.447 e. The molecule has 25 heavy (non-hydrogen) atoms. The fourth-order valence-electron chi connectivity index (χ4n) is 2.00. The Hall–Kier alpha value is -1.39. The summed E-state index contributed by atoms with van der Waals surface area (Å²) in [7, 11) is 1.61. The van der Waals surface area contributed by atoms with Crippen LogP contribution in [0.15, 0.2) is 28.3 Å². The van der Waals surface area contributed by atoms with Gasteiger partial charge in [0.15, 0.2) is 0 Å². The SMILES string of the molecule is CCSc1cc(C)sc1C(=O)Nc1cc(SC(F)(F)F)ncc1NC. The first-order chi connectivity index (χ1) is 11.7. The summed E-state index contributed by atoms with van der Waals surface area (Å²) in [5.41, 5.74) is -3.74. The van der Waals surface area contributed by atoms with E-state index in [9.17, 15) is 18.0 Å². The van der Waals surface area contributed by atoms with Crippen LogP contribution in [0.2, 0.25) is 0 Å². The second-order valence-electron chi connectivity index (χ2n) is 4.80. The number of anilines is 2. The number of rotatable bonds is 6. The fourth-order valence-corrected chi connectivity index (χ4v) is 4.50. The van der Waals surface area contributed by atoms with Crippen molar-refractivity contribution in [1.29, 1.82) is 0 Å². The number of nitrogens with zero attached hydrogens (tertiary/aromatic N) is 1. The second kappa shape index (κ2) is 8.33. The van der Waals surface area contributed by atoms with Gasteiger partial charge in [-0.1, -0.05) is 6.92 Å². The molecule has 0 atom stereocenters. The van der Waals surface area contributed by atoms with Gasteiger partial charge < -0.3 is 10.6 Å². The Bertz CT molecular complexity index is 762. The highest BCUT2D eigenvalue weighted by molar-refractivity contribution is 8.00. The van der Waals surface area contributed by atoms with Crippen LogP contribution in [0.4, 0.5) is 24.5 Å². The topological polar surface area (TPSA) is 54.0 Å². The van der Waals surface area contributed by atoms with E-state index in [0.717, 1.165) is 15.5 Å². The number of thioether (sulfide) groups is 2. The molecule has 0 aliphatic carbocycles. The molecule has 0 bridgehead atoms. The molecule has 2 heterocycles. The van der Waals surface area contributed by atoms with Gasteiger partial charge in [0.05, 0.1) is 17.6 Å². The minimum absolute atomic E-state index is 0.229. The normalized spacial score (nSPS) is 11.4. The molecule has 136 valence electrons. The van der Waals surface area contributed by atoms with Crippen molar-refractivity contribution >= 4 is 52.1 Å². The summed E-state index contributed by atoms with van der Waals surface area (Å²) in [4.78, 5) is 18.8. The molecule has 2 aromatic rings. The zero-order chi connectivity index (χ0) is 18.6. The molecule has 10 heteroatoms. The first kappa shape index (κ1) is 19.9. The van der Waals surface area contributed by atoms with Gasteiger partial charge in [-0.15, -0.1) is 23.1 Å². The molecule has 0 spiro atoms. The monoisotopic (exact) mass is 407 g/mol. The number of aromatic nitrogens is 1. The Morgan fingerprint density at radius 3 is 2.64 bits per heavy atom. The molecule has 0 unspecified atom stereocenters. The third-order valence-corrected chi connectivity index (χ3v) is 5.71. The lowest BCUT2D eigenvalue weighted by Crippen LogP contribution is -2.13. The zero-order valence-electron chi connectivity index (χ0n) is 13.7. The number of nitrogens with one attached hydrogen (secondary N) is 2. The van der Waals surface area contributed by atoms with Crippen molar-refractivity contribution in [2.75, 3.05) is 23.4 Å². The molecule has 2 N–H and O–H groups in total. The molecule has 0 aliphatic rings. The third kappa shape index (κ3) is 5.55. The van der Waals surface area contributed by atoms with Gasteiger partial charge in [0.25, 0.3) is 5.91 Å². The van der Waals surface area contributed by atoms with Gasteiger partial charge in [0.1, 0.15) is 9.90 Å². The van der Waals surface area contributed by atoms with E-state index in [4.69, 9.17) is 0 Å². The van der Waals surface area contributed by atoms with Crippen LogP contribution in [0.1, 0.15) is 21.5 Å². The molecule has 0 radical (unpaired) electrons. The summed E-state index contributed by atoms with van der Waals surface area (Å²) >= 11 is 2.59. The predicted octanol–water partition coefficient (Wildman–Crippen LogP) is 5.47. The van der Waals surface area contributed by atoms with E-state index in [2.05, 4.69) is 15.6 Å². The highest BCUT2D eigenvalue weighted by atomic mass is 32.2. The number of carbonyl (C=O) groups is 1. The number of carbonyl (C=O) groups excluding carboxylic acids is 1. The molecule has 0 aliphatic heterocycles. The number of alkyl halides is 3. The third-order valence-electron chi connectivity index (χ3n) is 2.94. The molecule has 2 aromatic heterocycles. The van der Waals surface area contributed by atoms with Crippen LogP contribution < -0.4 is 10.6 Å². The van der Waals surface area contributed by atoms with Crippen molar-refractivity contribution in [2.45, 2.75) is 29.3 Å². The molecular weight excluding hydrogens is 391 g/mol. The Morgan fingerprint density at radius 2 is 2.04 bits per heavy atom. The summed E-state index contributed by atoms with van der Waals surface area (Å²) < 4.78 is 37.6. The highest BCUT2D eigenvalue weighted by Gasteiger charge is 2.30. The summed E-state index contributed by atoms with van der Waals surface area (Å²) in [5, 5.41) is 5.28. The number of amides is 1.